The molecule has 114 valence electrons. The monoisotopic (exact) mass is 294 g/mol. The van der Waals surface area contributed by atoms with Crippen LogP contribution in [0.15, 0.2) is 4.52 Å². The van der Waals surface area contributed by atoms with Gasteiger partial charge in [0.05, 0.1) is 0 Å². The van der Waals surface area contributed by atoms with Crippen LogP contribution >= 0.6 is 0 Å². The summed E-state index contributed by atoms with van der Waals surface area (Å²) in [5.74, 6) is 0.0112. The molecule has 0 aliphatic carbocycles. The van der Waals surface area contributed by atoms with E-state index in [0.717, 1.165) is 12.8 Å². The van der Waals surface area contributed by atoms with Crippen LogP contribution in [0, 0.1) is 0 Å². The molecule has 8 heteroatoms. The summed E-state index contributed by atoms with van der Waals surface area (Å²) in [5, 5.41) is 8.59. The van der Waals surface area contributed by atoms with E-state index in [1.807, 2.05) is 6.92 Å². The van der Waals surface area contributed by atoms with Crippen LogP contribution in [0.4, 0.5) is 0 Å². The van der Waals surface area contributed by atoms with Crippen molar-refractivity contribution in [3.8, 4) is 0 Å². The highest BCUT2D eigenvalue weighted by Gasteiger charge is 2.27. The quantitative estimate of drug-likeness (QED) is 0.707. The summed E-state index contributed by atoms with van der Waals surface area (Å²) in [7, 11) is 0. The van der Waals surface area contributed by atoms with Crippen molar-refractivity contribution >= 4 is 17.7 Å². The van der Waals surface area contributed by atoms with Gasteiger partial charge in [-0.1, -0.05) is 12.1 Å². The summed E-state index contributed by atoms with van der Waals surface area (Å²) < 4.78 is 5.03. The Kier molecular flexibility index (Phi) is 5.02. The fourth-order valence-corrected chi connectivity index (χ4v) is 2.04. The van der Waals surface area contributed by atoms with Crippen molar-refractivity contribution in [2.75, 3.05) is 0 Å². The smallest absolute Gasteiger partial charge is 0.249 e. The normalized spacial score (nSPS) is 18.4. The number of hydrogen-bond acceptors (Lipinski definition) is 6. The van der Waals surface area contributed by atoms with Gasteiger partial charge < -0.3 is 9.84 Å². The van der Waals surface area contributed by atoms with Crippen LogP contribution in [0.25, 0.3) is 0 Å². The van der Waals surface area contributed by atoms with E-state index in [1.165, 1.54) is 0 Å². The zero-order valence-corrected chi connectivity index (χ0v) is 11.8. The second kappa shape index (κ2) is 6.96. The Balaban J connectivity index is 1.76. The third-order valence-corrected chi connectivity index (χ3v) is 3.12. The van der Waals surface area contributed by atoms with Gasteiger partial charge in [-0.2, -0.15) is 4.98 Å². The van der Waals surface area contributed by atoms with Gasteiger partial charge in [-0.25, -0.2) is 0 Å². The molecule has 0 saturated carbocycles. The lowest BCUT2D eigenvalue weighted by Gasteiger charge is -2.21. The topological polar surface area (TPSA) is 114 Å². The summed E-state index contributed by atoms with van der Waals surface area (Å²) in [4.78, 5) is 38.4. The van der Waals surface area contributed by atoms with Crippen molar-refractivity contribution in [2.24, 2.45) is 0 Å². The van der Waals surface area contributed by atoms with Gasteiger partial charge in [0, 0.05) is 25.7 Å². The molecule has 0 radical (unpaired) electrons. The number of rotatable bonds is 6. The molecule has 1 saturated heterocycles. The van der Waals surface area contributed by atoms with E-state index >= 15 is 0 Å². The summed E-state index contributed by atoms with van der Waals surface area (Å²) >= 11 is 0. The number of piperidine rings is 1. The largest absolute Gasteiger partial charge is 0.344 e. The molecule has 1 aliphatic heterocycles. The lowest BCUT2D eigenvalue weighted by atomic mass is 10.1. The van der Waals surface area contributed by atoms with Crippen LogP contribution < -0.4 is 10.6 Å². The first kappa shape index (κ1) is 15.1. The molecule has 1 unspecified atom stereocenters. The van der Waals surface area contributed by atoms with E-state index in [0.29, 0.717) is 24.6 Å². The summed E-state index contributed by atoms with van der Waals surface area (Å²) in [6.45, 7) is 2.02. The average Bonchev–Trinajstić information content (AvgIpc) is 2.88. The highest BCUT2D eigenvalue weighted by atomic mass is 16.5. The van der Waals surface area contributed by atoms with Crippen molar-refractivity contribution in [3.63, 3.8) is 0 Å². The first-order chi connectivity index (χ1) is 10.1. The zero-order chi connectivity index (χ0) is 15.2. The standard InChI is InChI=1S/C13H18N4O4/c1-2-3-9-15-12(21-17-9)7-6-10(18)14-8-4-5-11(19)16-13(8)20/h8H,2-7H2,1H3,(H,14,18)(H,16,19,20). The van der Waals surface area contributed by atoms with Gasteiger partial charge >= 0.3 is 0 Å². The predicted molar refractivity (Wildman–Crippen MR) is 70.9 cm³/mol. The maximum absolute atomic E-state index is 11.8. The van der Waals surface area contributed by atoms with E-state index in [2.05, 4.69) is 20.8 Å². The zero-order valence-electron chi connectivity index (χ0n) is 11.8. The molecule has 1 aromatic heterocycles. The Morgan fingerprint density at radius 1 is 1.43 bits per heavy atom. The summed E-state index contributed by atoms with van der Waals surface area (Å²) in [5.41, 5.74) is 0. The molecule has 1 aliphatic rings. The minimum absolute atomic E-state index is 0.158. The summed E-state index contributed by atoms with van der Waals surface area (Å²) in [6, 6.07) is -0.645. The molecule has 0 spiro atoms. The molecule has 2 heterocycles. The van der Waals surface area contributed by atoms with Crippen LogP contribution in [-0.2, 0) is 27.2 Å². The molecule has 1 atom stereocenters. The molecule has 3 amide bonds. The lowest BCUT2D eigenvalue weighted by molar-refractivity contribution is -0.137. The third kappa shape index (κ3) is 4.37. The highest BCUT2D eigenvalue weighted by molar-refractivity contribution is 6.01. The minimum atomic E-state index is -0.645. The number of nitrogens with zero attached hydrogens (tertiary/aromatic N) is 2. The molecule has 2 rings (SSSR count). The molecule has 0 aromatic carbocycles. The Labute approximate surface area is 121 Å². The van der Waals surface area contributed by atoms with Gasteiger partial charge in [-0.3, -0.25) is 19.7 Å². The number of nitrogens with one attached hydrogen (secondary N) is 2. The van der Waals surface area contributed by atoms with Gasteiger partial charge in [0.15, 0.2) is 5.82 Å². The van der Waals surface area contributed by atoms with E-state index in [-0.39, 0.29) is 24.7 Å². The van der Waals surface area contributed by atoms with Crippen molar-refractivity contribution < 1.29 is 18.9 Å². The first-order valence-electron chi connectivity index (χ1n) is 7.03. The van der Waals surface area contributed by atoms with E-state index < -0.39 is 11.9 Å². The Bertz CT molecular complexity index is 540. The van der Waals surface area contributed by atoms with E-state index in [9.17, 15) is 14.4 Å². The first-order valence-corrected chi connectivity index (χ1v) is 7.03. The molecule has 21 heavy (non-hydrogen) atoms. The predicted octanol–water partition coefficient (Wildman–Crippen LogP) is -0.124. The molecule has 1 fully saturated rings. The molecule has 1 aromatic rings. The Morgan fingerprint density at radius 3 is 2.95 bits per heavy atom. The summed E-state index contributed by atoms with van der Waals surface area (Å²) in [6.07, 6.45) is 2.72. The number of aryl methyl sites for hydroxylation is 2. The number of carbonyl (C=O) groups is 3. The number of imide groups is 1. The van der Waals surface area contributed by atoms with Crippen molar-refractivity contribution in [1.82, 2.24) is 20.8 Å². The second-order valence-electron chi connectivity index (χ2n) is 4.93. The van der Waals surface area contributed by atoms with Crippen LogP contribution in [0.5, 0.6) is 0 Å². The second-order valence-corrected chi connectivity index (χ2v) is 4.93. The average molecular weight is 294 g/mol. The van der Waals surface area contributed by atoms with Gasteiger partial charge in [-0.15, -0.1) is 0 Å². The van der Waals surface area contributed by atoms with Gasteiger partial charge in [-0.05, 0) is 12.8 Å². The molecular weight excluding hydrogens is 276 g/mol. The SMILES string of the molecule is CCCc1noc(CCC(=O)NC2CCC(=O)NC2=O)n1. The van der Waals surface area contributed by atoms with Crippen molar-refractivity contribution in [3.05, 3.63) is 11.7 Å². The van der Waals surface area contributed by atoms with Crippen LogP contribution in [-0.4, -0.2) is 33.9 Å². The van der Waals surface area contributed by atoms with Crippen molar-refractivity contribution in [2.45, 2.75) is 51.5 Å². The maximum Gasteiger partial charge on any atom is 0.249 e. The van der Waals surface area contributed by atoms with E-state index in [1.54, 1.807) is 0 Å². The highest BCUT2D eigenvalue weighted by Crippen LogP contribution is 2.06. The maximum atomic E-state index is 11.8. The molecule has 2 N–H and O–H groups in total. The fourth-order valence-electron chi connectivity index (χ4n) is 2.04. The minimum Gasteiger partial charge on any atom is -0.344 e. The van der Waals surface area contributed by atoms with Crippen molar-refractivity contribution in [1.29, 1.82) is 0 Å². The fraction of sp³-hybridized carbons (Fsp3) is 0.615. The lowest BCUT2D eigenvalue weighted by Crippen LogP contribution is -2.52. The number of hydrogen-bond donors (Lipinski definition) is 2. The third-order valence-electron chi connectivity index (χ3n) is 3.12. The Hall–Kier alpha value is -2.25. The van der Waals surface area contributed by atoms with Gasteiger partial charge in [0.1, 0.15) is 6.04 Å². The van der Waals surface area contributed by atoms with Crippen LogP contribution in [0.1, 0.15) is 44.3 Å². The number of aromatic nitrogens is 2. The molecule has 0 bridgehead atoms. The van der Waals surface area contributed by atoms with Gasteiger partial charge in [0.25, 0.3) is 0 Å². The number of carbonyl (C=O) groups excluding carboxylic acids is 3. The Morgan fingerprint density at radius 2 is 2.24 bits per heavy atom. The van der Waals surface area contributed by atoms with Crippen LogP contribution in [0.3, 0.4) is 0 Å². The molecular formula is C13H18N4O4. The number of amides is 3. The van der Waals surface area contributed by atoms with E-state index in [4.69, 9.17) is 4.52 Å². The van der Waals surface area contributed by atoms with Crippen LogP contribution in [0.2, 0.25) is 0 Å². The van der Waals surface area contributed by atoms with Gasteiger partial charge in [0.2, 0.25) is 23.6 Å². The molecule has 8 nitrogen and oxygen atoms in total.